The van der Waals surface area contributed by atoms with Gasteiger partial charge in [0.25, 0.3) is 0 Å². The van der Waals surface area contributed by atoms with Crippen LogP contribution in [0.25, 0.3) is 22.2 Å². The molecule has 1 fully saturated rings. The minimum absolute atomic E-state index is 0.440. The summed E-state index contributed by atoms with van der Waals surface area (Å²) in [6.07, 6.45) is 5.87. The number of methoxy groups -OCH3 is 2. The number of ether oxygens (including phenoxy) is 2. The predicted octanol–water partition coefficient (Wildman–Crippen LogP) is 4.04. The third-order valence-electron chi connectivity index (χ3n) is 5.51. The van der Waals surface area contributed by atoms with Crippen molar-refractivity contribution in [1.29, 1.82) is 0 Å². The van der Waals surface area contributed by atoms with Gasteiger partial charge in [-0.2, -0.15) is 5.10 Å². The molecule has 0 spiro atoms. The highest BCUT2D eigenvalue weighted by Crippen LogP contribution is 2.41. The summed E-state index contributed by atoms with van der Waals surface area (Å²) in [5, 5.41) is 9.40. The van der Waals surface area contributed by atoms with Gasteiger partial charge in [-0.05, 0) is 43.2 Å². The summed E-state index contributed by atoms with van der Waals surface area (Å²) in [5.41, 5.74) is 9.63. The van der Waals surface area contributed by atoms with Crippen molar-refractivity contribution >= 4 is 22.5 Å². The summed E-state index contributed by atoms with van der Waals surface area (Å²) in [4.78, 5) is 8.89. The summed E-state index contributed by atoms with van der Waals surface area (Å²) < 4.78 is 12.9. The molecule has 3 heterocycles. The molecule has 158 valence electrons. The molecule has 8 heteroatoms. The Morgan fingerprint density at radius 1 is 1.10 bits per heavy atom. The van der Waals surface area contributed by atoms with Gasteiger partial charge in [0.1, 0.15) is 28.8 Å². The van der Waals surface area contributed by atoms with Crippen molar-refractivity contribution in [2.75, 3.05) is 25.3 Å². The van der Waals surface area contributed by atoms with E-state index in [0.717, 1.165) is 57.9 Å². The standard InChI is InChI=1S/C23H24N6O2/c1-30-17-7-3-14(19(11-17)31-2)12-27-23-21-18(9-10-25-23)29(16-5-6-16)28-22(21)15-4-8-20(24)26-13-15/h3-4,7-11,13,16H,5-6,12H2,1-2H3,(H2,24,26)(H,25,27). The van der Waals surface area contributed by atoms with Crippen molar-refractivity contribution < 1.29 is 9.47 Å². The van der Waals surface area contributed by atoms with E-state index in [1.165, 1.54) is 0 Å². The van der Waals surface area contributed by atoms with Gasteiger partial charge in [-0.15, -0.1) is 0 Å². The first-order chi connectivity index (χ1) is 15.2. The second-order valence-corrected chi connectivity index (χ2v) is 7.58. The first-order valence-electron chi connectivity index (χ1n) is 10.2. The Morgan fingerprint density at radius 2 is 1.97 bits per heavy atom. The summed E-state index contributed by atoms with van der Waals surface area (Å²) >= 11 is 0. The van der Waals surface area contributed by atoms with Gasteiger partial charge in [0.15, 0.2) is 0 Å². The number of nitrogens with one attached hydrogen (secondary N) is 1. The zero-order valence-electron chi connectivity index (χ0n) is 17.5. The van der Waals surface area contributed by atoms with Crippen LogP contribution in [0.3, 0.4) is 0 Å². The number of nitrogens with zero attached hydrogens (tertiary/aromatic N) is 4. The highest BCUT2D eigenvalue weighted by atomic mass is 16.5. The fourth-order valence-electron chi connectivity index (χ4n) is 3.74. The molecule has 3 aromatic heterocycles. The van der Waals surface area contributed by atoms with E-state index in [-0.39, 0.29) is 0 Å². The van der Waals surface area contributed by atoms with Crippen molar-refractivity contribution in [3.63, 3.8) is 0 Å². The van der Waals surface area contributed by atoms with Crippen LogP contribution in [-0.4, -0.2) is 34.0 Å². The molecule has 1 aromatic carbocycles. The fraction of sp³-hybridized carbons (Fsp3) is 0.261. The molecule has 0 saturated heterocycles. The lowest BCUT2D eigenvalue weighted by molar-refractivity contribution is 0.391. The zero-order valence-corrected chi connectivity index (χ0v) is 17.5. The number of pyridine rings is 2. The molecule has 0 radical (unpaired) electrons. The van der Waals surface area contributed by atoms with Gasteiger partial charge < -0.3 is 20.5 Å². The number of aromatic nitrogens is 4. The number of anilines is 2. The van der Waals surface area contributed by atoms with E-state index in [0.29, 0.717) is 18.4 Å². The van der Waals surface area contributed by atoms with Crippen LogP contribution >= 0.6 is 0 Å². The van der Waals surface area contributed by atoms with Crippen molar-refractivity contribution in [1.82, 2.24) is 19.7 Å². The SMILES string of the molecule is COc1ccc(CNc2nccc3c2c(-c2ccc(N)nc2)nn3C2CC2)c(OC)c1. The van der Waals surface area contributed by atoms with Crippen LogP contribution in [-0.2, 0) is 6.54 Å². The third kappa shape index (κ3) is 3.61. The lowest BCUT2D eigenvalue weighted by Gasteiger charge is -2.12. The molecule has 0 amide bonds. The highest BCUT2D eigenvalue weighted by molar-refractivity contribution is 6.01. The van der Waals surface area contributed by atoms with Gasteiger partial charge >= 0.3 is 0 Å². The van der Waals surface area contributed by atoms with E-state index in [1.807, 2.05) is 36.5 Å². The molecule has 3 N–H and O–H groups in total. The number of nitrogen functional groups attached to an aromatic ring is 1. The van der Waals surface area contributed by atoms with Gasteiger partial charge in [0.2, 0.25) is 0 Å². The van der Waals surface area contributed by atoms with E-state index in [2.05, 4.69) is 20.0 Å². The maximum absolute atomic E-state index is 5.79. The van der Waals surface area contributed by atoms with Crippen LogP contribution in [0.5, 0.6) is 11.5 Å². The Bertz CT molecular complexity index is 1230. The molecule has 0 aliphatic heterocycles. The molecule has 1 saturated carbocycles. The lowest BCUT2D eigenvalue weighted by Crippen LogP contribution is -2.04. The van der Waals surface area contributed by atoms with E-state index >= 15 is 0 Å². The summed E-state index contributed by atoms with van der Waals surface area (Å²) in [7, 11) is 3.30. The predicted molar refractivity (Wildman–Crippen MR) is 120 cm³/mol. The second kappa shape index (κ2) is 7.79. The van der Waals surface area contributed by atoms with E-state index in [4.69, 9.17) is 20.3 Å². The maximum atomic E-state index is 5.79. The number of rotatable bonds is 7. The van der Waals surface area contributed by atoms with Crippen LogP contribution in [0.4, 0.5) is 11.6 Å². The van der Waals surface area contributed by atoms with Crippen molar-refractivity contribution in [2.45, 2.75) is 25.4 Å². The Morgan fingerprint density at radius 3 is 2.68 bits per heavy atom. The summed E-state index contributed by atoms with van der Waals surface area (Å²) in [6, 6.07) is 12.0. The van der Waals surface area contributed by atoms with Crippen molar-refractivity contribution in [3.05, 3.63) is 54.4 Å². The smallest absolute Gasteiger partial charge is 0.137 e. The van der Waals surface area contributed by atoms with Crippen LogP contribution in [0.2, 0.25) is 0 Å². The van der Waals surface area contributed by atoms with E-state index < -0.39 is 0 Å². The number of nitrogens with two attached hydrogens (primary N) is 1. The van der Waals surface area contributed by atoms with Crippen LogP contribution in [0, 0.1) is 0 Å². The Hall–Kier alpha value is -3.81. The van der Waals surface area contributed by atoms with E-state index in [1.54, 1.807) is 26.5 Å². The van der Waals surface area contributed by atoms with Gasteiger partial charge in [0.05, 0.1) is 31.2 Å². The fourth-order valence-corrected chi connectivity index (χ4v) is 3.74. The normalized spacial score (nSPS) is 13.4. The molecular weight excluding hydrogens is 392 g/mol. The lowest BCUT2D eigenvalue weighted by atomic mass is 10.1. The monoisotopic (exact) mass is 416 g/mol. The number of fused-ring (bicyclic) bond motifs is 1. The number of benzene rings is 1. The molecular formula is C23H24N6O2. The molecule has 1 aliphatic rings. The average Bonchev–Trinajstić information content (AvgIpc) is 3.58. The zero-order chi connectivity index (χ0) is 21.4. The largest absolute Gasteiger partial charge is 0.497 e. The molecule has 1 aliphatic carbocycles. The molecule has 0 unspecified atom stereocenters. The second-order valence-electron chi connectivity index (χ2n) is 7.58. The first kappa shape index (κ1) is 19.2. The molecule has 4 aromatic rings. The van der Waals surface area contributed by atoms with Crippen molar-refractivity contribution in [2.24, 2.45) is 0 Å². The van der Waals surface area contributed by atoms with Gasteiger partial charge in [-0.1, -0.05) is 0 Å². The minimum atomic E-state index is 0.440. The molecule has 31 heavy (non-hydrogen) atoms. The molecule has 0 bridgehead atoms. The quantitative estimate of drug-likeness (QED) is 0.469. The summed E-state index contributed by atoms with van der Waals surface area (Å²) in [5.74, 6) is 2.77. The minimum Gasteiger partial charge on any atom is -0.497 e. The van der Waals surface area contributed by atoms with Crippen LogP contribution in [0.1, 0.15) is 24.4 Å². The van der Waals surface area contributed by atoms with E-state index in [9.17, 15) is 0 Å². The molecule has 8 nitrogen and oxygen atoms in total. The highest BCUT2D eigenvalue weighted by Gasteiger charge is 2.28. The summed E-state index contributed by atoms with van der Waals surface area (Å²) in [6.45, 7) is 0.549. The number of hydrogen-bond acceptors (Lipinski definition) is 7. The maximum Gasteiger partial charge on any atom is 0.137 e. The van der Waals surface area contributed by atoms with Crippen LogP contribution < -0.4 is 20.5 Å². The first-order valence-corrected chi connectivity index (χ1v) is 10.2. The Balaban J connectivity index is 1.55. The molecule has 5 rings (SSSR count). The van der Waals surface area contributed by atoms with Crippen LogP contribution in [0.15, 0.2) is 48.8 Å². The Labute approximate surface area is 180 Å². The molecule has 0 atom stereocenters. The number of hydrogen-bond donors (Lipinski definition) is 2. The van der Waals surface area contributed by atoms with Gasteiger partial charge in [-0.25, -0.2) is 9.97 Å². The van der Waals surface area contributed by atoms with Crippen molar-refractivity contribution in [3.8, 4) is 22.8 Å². The third-order valence-corrected chi connectivity index (χ3v) is 5.51. The Kier molecular flexibility index (Phi) is 4.82. The van der Waals surface area contributed by atoms with Gasteiger partial charge in [-0.3, -0.25) is 4.68 Å². The average molecular weight is 416 g/mol. The topological polar surface area (TPSA) is 100 Å². The van der Waals surface area contributed by atoms with Gasteiger partial charge in [0, 0.05) is 36.1 Å².